The standard InChI is InChI=1S/C19H40N6O3/c1-14(2)22-15(26)13-25(11-9-20-16(27)23-18(3,4)5)12-10-21-17(28)24-19(6,7)8/h14H,9-13H2,1-8H3,(H,22,26)(H2,20,23,27)(H2,21,24,28). The van der Waals surface area contributed by atoms with Crippen LogP contribution in [0.4, 0.5) is 9.59 Å². The molecule has 164 valence electrons. The van der Waals surface area contributed by atoms with E-state index < -0.39 is 0 Å². The average Bonchev–Trinajstić information content (AvgIpc) is 2.41. The Hall–Kier alpha value is -2.03. The van der Waals surface area contributed by atoms with Crippen molar-refractivity contribution in [3.8, 4) is 0 Å². The Labute approximate surface area is 169 Å². The highest BCUT2D eigenvalue weighted by atomic mass is 16.2. The van der Waals surface area contributed by atoms with Crippen molar-refractivity contribution in [2.75, 3.05) is 32.7 Å². The minimum absolute atomic E-state index is 0.0562. The summed E-state index contributed by atoms with van der Waals surface area (Å²) in [6, 6.07) is -0.441. The molecule has 9 nitrogen and oxygen atoms in total. The summed E-state index contributed by atoms with van der Waals surface area (Å²) in [6.07, 6.45) is 0. The maximum absolute atomic E-state index is 12.1. The first-order chi connectivity index (χ1) is 12.7. The Balaban J connectivity index is 4.51. The summed E-state index contributed by atoms with van der Waals surface area (Å²) in [5.74, 6) is -0.0895. The Morgan fingerprint density at radius 2 is 1.18 bits per heavy atom. The molecule has 28 heavy (non-hydrogen) atoms. The van der Waals surface area contributed by atoms with Crippen LogP contribution in [0.2, 0.25) is 0 Å². The van der Waals surface area contributed by atoms with Gasteiger partial charge in [0.05, 0.1) is 6.54 Å². The van der Waals surface area contributed by atoms with Crippen LogP contribution < -0.4 is 26.6 Å². The van der Waals surface area contributed by atoms with E-state index in [9.17, 15) is 14.4 Å². The van der Waals surface area contributed by atoms with Gasteiger partial charge in [-0.3, -0.25) is 9.69 Å². The van der Waals surface area contributed by atoms with Crippen molar-refractivity contribution in [2.24, 2.45) is 0 Å². The SMILES string of the molecule is CC(C)NC(=O)CN(CCNC(=O)NC(C)(C)C)CCNC(=O)NC(C)(C)C. The topological polar surface area (TPSA) is 115 Å². The lowest BCUT2D eigenvalue weighted by Gasteiger charge is -2.25. The third kappa shape index (κ3) is 16.2. The van der Waals surface area contributed by atoms with Crippen LogP contribution in [-0.2, 0) is 4.79 Å². The summed E-state index contributed by atoms with van der Waals surface area (Å²) in [5, 5.41) is 14.1. The first kappa shape index (κ1) is 26.0. The Morgan fingerprint density at radius 1 is 0.786 bits per heavy atom. The highest BCUT2D eigenvalue weighted by Crippen LogP contribution is 1.98. The van der Waals surface area contributed by atoms with Gasteiger partial charge in [0.1, 0.15) is 0 Å². The second-order valence-electron chi connectivity index (χ2n) is 9.26. The van der Waals surface area contributed by atoms with Crippen LogP contribution in [-0.4, -0.2) is 72.7 Å². The molecule has 0 rings (SSSR count). The highest BCUT2D eigenvalue weighted by Gasteiger charge is 2.16. The summed E-state index contributed by atoms with van der Waals surface area (Å²) in [5.41, 5.74) is -0.628. The number of amides is 5. The molecule has 0 aliphatic carbocycles. The summed E-state index contributed by atoms with van der Waals surface area (Å²) >= 11 is 0. The first-order valence-corrected chi connectivity index (χ1v) is 9.82. The maximum atomic E-state index is 12.1. The first-order valence-electron chi connectivity index (χ1n) is 9.82. The number of urea groups is 2. The molecule has 0 aliphatic rings. The van der Waals surface area contributed by atoms with Crippen LogP contribution >= 0.6 is 0 Å². The molecule has 0 aliphatic heterocycles. The monoisotopic (exact) mass is 400 g/mol. The summed E-state index contributed by atoms with van der Waals surface area (Å²) < 4.78 is 0. The van der Waals surface area contributed by atoms with Gasteiger partial charge in [0.15, 0.2) is 0 Å². The lowest BCUT2D eigenvalue weighted by atomic mass is 10.1. The lowest BCUT2D eigenvalue weighted by molar-refractivity contribution is -0.122. The third-order valence-electron chi connectivity index (χ3n) is 3.22. The number of carbonyl (C=O) groups is 3. The van der Waals surface area contributed by atoms with E-state index in [2.05, 4.69) is 26.6 Å². The molecule has 0 aromatic heterocycles. The fraction of sp³-hybridized carbons (Fsp3) is 0.842. The summed E-state index contributed by atoms with van der Waals surface area (Å²) in [4.78, 5) is 37.7. The number of rotatable bonds is 9. The largest absolute Gasteiger partial charge is 0.353 e. The second kappa shape index (κ2) is 11.7. The number of nitrogens with zero attached hydrogens (tertiary/aromatic N) is 1. The predicted octanol–water partition coefficient (Wildman–Crippen LogP) is 1.01. The quantitative estimate of drug-likeness (QED) is 0.397. The zero-order valence-corrected chi connectivity index (χ0v) is 18.8. The number of hydrogen-bond donors (Lipinski definition) is 5. The van der Waals surface area contributed by atoms with Crippen LogP contribution in [0.25, 0.3) is 0 Å². The molecule has 5 amide bonds. The molecule has 0 aromatic carbocycles. The molecule has 0 spiro atoms. The van der Waals surface area contributed by atoms with Gasteiger partial charge in [-0.15, -0.1) is 0 Å². The zero-order valence-electron chi connectivity index (χ0n) is 18.8. The van der Waals surface area contributed by atoms with Crippen molar-refractivity contribution in [3.05, 3.63) is 0 Å². The molecule has 0 atom stereocenters. The van der Waals surface area contributed by atoms with Crippen molar-refractivity contribution in [3.63, 3.8) is 0 Å². The van der Waals surface area contributed by atoms with E-state index in [4.69, 9.17) is 0 Å². The average molecular weight is 401 g/mol. The van der Waals surface area contributed by atoms with E-state index in [0.29, 0.717) is 26.2 Å². The molecule has 0 saturated heterocycles. The Bertz CT molecular complexity index is 475. The second-order valence-corrected chi connectivity index (χ2v) is 9.26. The van der Waals surface area contributed by atoms with Crippen LogP contribution in [0.3, 0.4) is 0 Å². The molecule has 0 heterocycles. The molecule has 0 unspecified atom stereocenters. The van der Waals surface area contributed by atoms with Gasteiger partial charge in [-0.1, -0.05) is 0 Å². The van der Waals surface area contributed by atoms with E-state index in [0.717, 1.165) is 0 Å². The zero-order chi connectivity index (χ0) is 22.0. The lowest BCUT2D eigenvalue weighted by Crippen LogP contribution is -2.50. The molecule has 0 bridgehead atoms. The molecule has 5 N–H and O–H groups in total. The van der Waals surface area contributed by atoms with Gasteiger partial charge >= 0.3 is 12.1 Å². The van der Waals surface area contributed by atoms with Crippen molar-refractivity contribution in [1.82, 2.24) is 31.5 Å². The highest BCUT2D eigenvalue weighted by molar-refractivity contribution is 5.78. The van der Waals surface area contributed by atoms with Gasteiger partial charge in [-0.05, 0) is 55.4 Å². The van der Waals surface area contributed by atoms with E-state index in [1.54, 1.807) is 0 Å². The Morgan fingerprint density at radius 3 is 1.50 bits per heavy atom. The number of carbonyl (C=O) groups excluding carboxylic acids is 3. The van der Waals surface area contributed by atoms with Crippen LogP contribution in [0, 0.1) is 0 Å². The fourth-order valence-electron chi connectivity index (χ4n) is 2.27. The van der Waals surface area contributed by atoms with Crippen molar-refractivity contribution in [1.29, 1.82) is 0 Å². The van der Waals surface area contributed by atoms with Crippen LogP contribution in [0.5, 0.6) is 0 Å². The molecular formula is C19H40N6O3. The minimum atomic E-state index is -0.314. The van der Waals surface area contributed by atoms with E-state index in [-0.39, 0.29) is 41.6 Å². The smallest absolute Gasteiger partial charge is 0.315 e. The molecule has 0 aromatic rings. The molecular weight excluding hydrogens is 360 g/mol. The number of nitrogens with one attached hydrogen (secondary N) is 5. The van der Waals surface area contributed by atoms with Crippen molar-refractivity contribution in [2.45, 2.75) is 72.5 Å². The van der Waals surface area contributed by atoms with Crippen molar-refractivity contribution >= 4 is 18.0 Å². The maximum Gasteiger partial charge on any atom is 0.315 e. The van der Waals surface area contributed by atoms with E-state index in [1.807, 2.05) is 60.3 Å². The third-order valence-corrected chi connectivity index (χ3v) is 3.22. The molecule has 0 saturated carbocycles. The predicted molar refractivity (Wildman–Crippen MR) is 112 cm³/mol. The minimum Gasteiger partial charge on any atom is -0.353 e. The van der Waals surface area contributed by atoms with Crippen LogP contribution in [0.1, 0.15) is 55.4 Å². The van der Waals surface area contributed by atoms with Gasteiger partial charge in [0, 0.05) is 43.3 Å². The van der Waals surface area contributed by atoms with Crippen LogP contribution in [0.15, 0.2) is 0 Å². The van der Waals surface area contributed by atoms with Gasteiger partial charge < -0.3 is 26.6 Å². The van der Waals surface area contributed by atoms with Gasteiger partial charge in [0.25, 0.3) is 0 Å². The molecule has 9 heteroatoms. The van der Waals surface area contributed by atoms with E-state index >= 15 is 0 Å². The Kier molecular flexibility index (Phi) is 10.9. The fourth-order valence-corrected chi connectivity index (χ4v) is 2.27. The summed E-state index contributed by atoms with van der Waals surface area (Å²) in [6.45, 7) is 17.2. The molecule has 0 radical (unpaired) electrons. The van der Waals surface area contributed by atoms with E-state index in [1.165, 1.54) is 0 Å². The number of hydrogen-bond acceptors (Lipinski definition) is 4. The van der Waals surface area contributed by atoms with Crippen molar-refractivity contribution < 1.29 is 14.4 Å². The van der Waals surface area contributed by atoms with Gasteiger partial charge in [-0.2, -0.15) is 0 Å². The summed E-state index contributed by atoms with van der Waals surface area (Å²) in [7, 11) is 0. The molecule has 0 fully saturated rings. The van der Waals surface area contributed by atoms with Gasteiger partial charge in [0.2, 0.25) is 5.91 Å². The van der Waals surface area contributed by atoms with Gasteiger partial charge in [-0.25, -0.2) is 9.59 Å². The normalized spacial score (nSPS) is 11.9.